The monoisotopic (exact) mass is 478 g/mol. The lowest BCUT2D eigenvalue weighted by Crippen LogP contribution is -2.46. The molecule has 2 heterocycles. The van der Waals surface area contributed by atoms with Crippen LogP contribution in [0.3, 0.4) is 0 Å². The number of hydrogen-bond donors (Lipinski definition) is 0. The van der Waals surface area contributed by atoms with Gasteiger partial charge in [-0.2, -0.15) is 13.2 Å². The second-order valence-electron chi connectivity index (χ2n) is 8.11. The van der Waals surface area contributed by atoms with Gasteiger partial charge in [0.2, 0.25) is 0 Å². The minimum Gasteiger partial charge on any atom is -0.448 e. The molecule has 4 nitrogen and oxygen atoms in total. The summed E-state index contributed by atoms with van der Waals surface area (Å²) in [6.07, 6.45) is -4.95. The molecule has 0 unspecified atom stereocenters. The highest BCUT2D eigenvalue weighted by atomic mass is 35.5. The highest BCUT2D eigenvalue weighted by molar-refractivity contribution is 6.28. The number of furan rings is 1. The van der Waals surface area contributed by atoms with E-state index < -0.39 is 17.8 Å². The van der Waals surface area contributed by atoms with Crippen LogP contribution in [0.2, 0.25) is 5.22 Å². The summed E-state index contributed by atoms with van der Waals surface area (Å²) >= 11 is 5.84. The Hall–Kier alpha value is -2.32. The van der Waals surface area contributed by atoms with Gasteiger partial charge in [-0.25, -0.2) is 0 Å². The Morgan fingerprint density at radius 1 is 0.879 bits per heavy atom. The minimum atomic E-state index is -4.39. The highest BCUT2D eigenvalue weighted by Gasteiger charge is 2.31. The Kier molecular flexibility index (Phi) is 7.75. The fourth-order valence-corrected chi connectivity index (χ4v) is 4.18. The molecule has 1 aromatic heterocycles. The molecule has 1 aliphatic rings. The van der Waals surface area contributed by atoms with Crippen LogP contribution < -0.4 is 0 Å². The first-order valence-corrected chi connectivity index (χ1v) is 11.3. The van der Waals surface area contributed by atoms with Gasteiger partial charge in [-0.3, -0.25) is 9.80 Å². The molecule has 2 aromatic carbocycles. The number of benzene rings is 2. The van der Waals surface area contributed by atoms with Gasteiger partial charge < -0.3 is 9.15 Å². The van der Waals surface area contributed by atoms with Crippen LogP contribution in [-0.4, -0.2) is 49.1 Å². The number of halogens is 4. The van der Waals surface area contributed by atoms with Crippen LogP contribution in [0.25, 0.3) is 0 Å². The van der Waals surface area contributed by atoms with E-state index in [1.54, 1.807) is 12.1 Å². The zero-order chi connectivity index (χ0) is 23.3. The van der Waals surface area contributed by atoms with Crippen LogP contribution in [0.4, 0.5) is 13.2 Å². The number of nitrogens with zero attached hydrogens (tertiary/aromatic N) is 2. The number of ether oxygens (including phenoxy) is 1. The summed E-state index contributed by atoms with van der Waals surface area (Å²) in [5, 5.41) is 0.398. The Balaban J connectivity index is 1.34. The Labute approximate surface area is 196 Å². The zero-order valence-corrected chi connectivity index (χ0v) is 18.9. The molecule has 1 aliphatic heterocycles. The average molecular weight is 479 g/mol. The maximum Gasteiger partial charge on any atom is 0.416 e. The molecule has 8 heteroatoms. The summed E-state index contributed by atoms with van der Waals surface area (Å²) in [5.41, 5.74) is 0.662. The van der Waals surface area contributed by atoms with Gasteiger partial charge in [0.05, 0.1) is 18.7 Å². The lowest BCUT2D eigenvalue weighted by atomic mass is 9.99. The largest absolute Gasteiger partial charge is 0.448 e. The predicted octanol–water partition coefficient (Wildman–Crippen LogP) is 5.88. The van der Waals surface area contributed by atoms with Crippen LogP contribution in [0, 0.1) is 0 Å². The molecule has 4 rings (SSSR count). The molecule has 0 N–H and O–H groups in total. The predicted molar refractivity (Wildman–Crippen MR) is 121 cm³/mol. The second kappa shape index (κ2) is 10.7. The normalized spacial score (nSPS) is 16.7. The standard InChI is InChI=1S/C25H26ClF3N2O2/c26-23-10-9-22(33-23)18-31-13-11-30(12-14-31)15-16-32-24(19-5-2-1-3-6-19)20-7-4-8-21(17-20)25(27,28)29/h1-10,17,24H,11-16,18H2/t24-/m0/s1. The fraction of sp³-hybridized carbons (Fsp3) is 0.360. The van der Waals surface area contributed by atoms with Crippen molar-refractivity contribution in [2.24, 2.45) is 0 Å². The van der Waals surface area contributed by atoms with Crippen molar-refractivity contribution in [3.05, 3.63) is 94.4 Å². The van der Waals surface area contributed by atoms with Crippen molar-refractivity contribution in [3.8, 4) is 0 Å². The van der Waals surface area contributed by atoms with Gasteiger partial charge in [0.1, 0.15) is 11.9 Å². The van der Waals surface area contributed by atoms with Gasteiger partial charge in [0.15, 0.2) is 5.22 Å². The van der Waals surface area contributed by atoms with Crippen LogP contribution in [0.15, 0.2) is 71.1 Å². The third-order valence-electron chi connectivity index (χ3n) is 5.78. The van der Waals surface area contributed by atoms with E-state index >= 15 is 0 Å². The van der Waals surface area contributed by atoms with E-state index in [0.717, 1.165) is 50.1 Å². The number of rotatable bonds is 8. The maximum atomic E-state index is 13.2. The van der Waals surface area contributed by atoms with Gasteiger partial charge >= 0.3 is 6.18 Å². The Morgan fingerprint density at radius 3 is 2.24 bits per heavy atom. The minimum absolute atomic E-state index is 0.398. The van der Waals surface area contributed by atoms with Crippen LogP contribution in [0.1, 0.15) is 28.6 Å². The van der Waals surface area contributed by atoms with E-state index in [2.05, 4.69) is 9.80 Å². The third-order valence-corrected chi connectivity index (χ3v) is 5.99. The molecule has 0 saturated carbocycles. The molecule has 1 atom stereocenters. The van der Waals surface area contributed by atoms with Gasteiger partial charge in [-0.05, 0) is 47.0 Å². The van der Waals surface area contributed by atoms with Crippen molar-refractivity contribution in [1.82, 2.24) is 9.80 Å². The molecular weight excluding hydrogens is 453 g/mol. The molecule has 1 saturated heterocycles. The van der Waals surface area contributed by atoms with Gasteiger partial charge in [0, 0.05) is 32.7 Å². The summed E-state index contributed by atoms with van der Waals surface area (Å²) in [6.45, 7) is 5.42. The quantitative estimate of drug-likeness (QED) is 0.404. The van der Waals surface area contributed by atoms with Crippen LogP contribution in [-0.2, 0) is 17.5 Å². The lowest BCUT2D eigenvalue weighted by Gasteiger charge is -2.34. The molecule has 0 spiro atoms. The Bertz CT molecular complexity index is 1020. The van der Waals surface area contributed by atoms with Gasteiger partial charge in [-0.15, -0.1) is 0 Å². The molecule has 0 aliphatic carbocycles. The van der Waals surface area contributed by atoms with E-state index in [1.165, 1.54) is 12.1 Å². The average Bonchev–Trinajstić information content (AvgIpc) is 3.22. The first-order valence-electron chi connectivity index (χ1n) is 10.9. The number of hydrogen-bond acceptors (Lipinski definition) is 4. The smallest absolute Gasteiger partial charge is 0.416 e. The highest BCUT2D eigenvalue weighted by Crippen LogP contribution is 2.33. The van der Waals surface area contributed by atoms with Crippen molar-refractivity contribution in [2.45, 2.75) is 18.8 Å². The van der Waals surface area contributed by atoms with Crippen molar-refractivity contribution in [2.75, 3.05) is 39.3 Å². The molecule has 0 radical (unpaired) electrons. The molecule has 3 aromatic rings. The topological polar surface area (TPSA) is 28.9 Å². The molecular formula is C25H26ClF3N2O2. The fourth-order valence-electron chi connectivity index (χ4n) is 4.02. The molecule has 1 fully saturated rings. The molecule has 0 amide bonds. The molecule has 0 bridgehead atoms. The second-order valence-corrected chi connectivity index (χ2v) is 8.48. The Morgan fingerprint density at radius 2 is 1.58 bits per heavy atom. The van der Waals surface area contributed by atoms with Crippen molar-refractivity contribution in [3.63, 3.8) is 0 Å². The summed E-state index contributed by atoms with van der Waals surface area (Å²) in [5.74, 6) is 0.851. The van der Waals surface area contributed by atoms with Crippen molar-refractivity contribution in [1.29, 1.82) is 0 Å². The van der Waals surface area contributed by atoms with Crippen LogP contribution in [0.5, 0.6) is 0 Å². The van der Waals surface area contributed by atoms with Gasteiger partial charge in [0.25, 0.3) is 0 Å². The number of piperazine rings is 1. The molecule has 176 valence electrons. The number of alkyl halides is 3. The summed E-state index contributed by atoms with van der Waals surface area (Å²) in [4.78, 5) is 4.61. The van der Waals surface area contributed by atoms with E-state index in [4.69, 9.17) is 20.8 Å². The molecule has 33 heavy (non-hydrogen) atoms. The van der Waals surface area contributed by atoms with E-state index in [0.29, 0.717) is 23.9 Å². The van der Waals surface area contributed by atoms with Crippen LogP contribution >= 0.6 is 11.6 Å². The van der Waals surface area contributed by atoms with E-state index in [-0.39, 0.29) is 0 Å². The first kappa shape index (κ1) is 23.8. The van der Waals surface area contributed by atoms with Crippen molar-refractivity contribution < 1.29 is 22.3 Å². The van der Waals surface area contributed by atoms with E-state index in [1.807, 2.05) is 36.4 Å². The maximum absolute atomic E-state index is 13.2. The zero-order valence-electron chi connectivity index (χ0n) is 18.1. The first-order chi connectivity index (χ1) is 15.9. The summed E-state index contributed by atoms with van der Waals surface area (Å²) in [7, 11) is 0. The van der Waals surface area contributed by atoms with Gasteiger partial charge in [-0.1, -0.05) is 42.5 Å². The lowest BCUT2D eigenvalue weighted by molar-refractivity contribution is -0.137. The third kappa shape index (κ3) is 6.60. The van der Waals surface area contributed by atoms with Crippen molar-refractivity contribution >= 4 is 11.6 Å². The van der Waals surface area contributed by atoms with E-state index in [9.17, 15) is 13.2 Å². The summed E-state index contributed by atoms with van der Waals surface area (Å²) in [6, 6.07) is 18.4. The summed E-state index contributed by atoms with van der Waals surface area (Å²) < 4.78 is 51.3. The SMILES string of the molecule is FC(F)(F)c1cccc([C@@H](OCCN2CCN(Cc3ccc(Cl)o3)CC2)c2ccccc2)c1.